The molecule has 34 heavy (non-hydrogen) atoms. The van der Waals surface area contributed by atoms with Crippen molar-refractivity contribution in [2.45, 2.75) is 64.9 Å². The van der Waals surface area contributed by atoms with Crippen LogP contribution < -0.4 is 0 Å². The summed E-state index contributed by atoms with van der Waals surface area (Å²) < 4.78 is 1.90. The molecular weight excluding hydrogens is 446 g/mol. The summed E-state index contributed by atoms with van der Waals surface area (Å²) in [5.41, 5.74) is 7.14. The van der Waals surface area contributed by atoms with E-state index >= 15 is 0 Å². The van der Waals surface area contributed by atoms with Crippen molar-refractivity contribution < 1.29 is 5.11 Å². The van der Waals surface area contributed by atoms with E-state index in [4.69, 9.17) is 11.6 Å². The molecule has 0 aliphatic carbocycles. The normalized spacial score (nSPS) is 16.4. The summed E-state index contributed by atoms with van der Waals surface area (Å²) in [6.45, 7) is 13.1. The summed E-state index contributed by atoms with van der Waals surface area (Å²) in [6.07, 6.45) is 6.01. The van der Waals surface area contributed by atoms with Gasteiger partial charge in [0.05, 0.1) is 16.3 Å². The fourth-order valence-electron chi connectivity index (χ4n) is 5.54. The molecule has 4 aromatic rings. The number of aromatic nitrogens is 4. The minimum absolute atomic E-state index is 0.349. The molecule has 2 N–H and O–H groups in total. The lowest BCUT2D eigenvalue weighted by Crippen LogP contribution is -2.42. The number of likely N-dealkylation sites (tertiary alicyclic amines) is 1. The van der Waals surface area contributed by atoms with Crippen LogP contribution in [0.5, 0.6) is 0 Å². The summed E-state index contributed by atoms with van der Waals surface area (Å²) >= 11 is 6.67. The van der Waals surface area contributed by atoms with Crippen LogP contribution in [-0.2, 0) is 0 Å². The molecule has 1 aromatic carbocycles. The van der Waals surface area contributed by atoms with Gasteiger partial charge in [0.1, 0.15) is 6.33 Å². The van der Waals surface area contributed by atoms with E-state index in [1.807, 2.05) is 18.2 Å². The largest absolute Gasteiger partial charge is 0.389 e. The van der Waals surface area contributed by atoms with Crippen LogP contribution in [0.15, 0.2) is 30.7 Å². The van der Waals surface area contributed by atoms with Gasteiger partial charge in [0.2, 0.25) is 0 Å². The second-order valence-electron chi connectivity index (χ2n) is 10.8. The first kappa shape index (κ1) is 23.3. The number of hydrogen-bond acceptors (Lipinski definition) is 4. The highest BCUT2D eigenvalue weighted by molar-refractivity contribution is 6.34. The molecule has 7 heteroatoms. The minimum atomic E-state index is -0.643. The number of piperidine rings is 1. The molecule has 1 saturated heterocycles. The number of H-pyrrole nitrogens is 1. The molecule has 4 heterocycles. The average Bonchev–Trinajstić information content (AvgIpc) is 3.39. The Kier molecular flexibility index (Phi) is 5.95. The number of benzene rings is 1. The van der Waals surface area contributed by atoms with Gasteiger partial charge in [-0.3, -0.25) is 4.40 Å². The third kappa shape index (κ3) is 4.23. The summed E-state index contributed by atoms with van der Waals surface area (Å²) in [5, 5.41) is 20.3. The Hall–Kier alpha value is -2.41. The minimum Gasteiger partial charge on any atom is -0.389 e. The molecular formula is C27H34ClN5O. The summed E-state index contributed by atoms with van der Waals surface area (Å²) in [7, 11) is 0. The van der Waals surface area contributed by atoms with Gasteiger partial charge in [0.15, 0.2) is 5.65 Å². The van der Waals surface area contributed by atoms with E-state index in [2.05, 4.69) is 65.2 Å². The number of rotatable bonds is 5. The molecule has 0 spiro atoms. The summed E-state index contributed by atoms with van der Waals surface area (Å²) in [6, 6.07) is 6.92. The Bertz CT molecular complexity index is 1340. The highest BCUT2D eigenvalue weighted by Crippen LogP contribution is 2.40. The molecule has 0 unspecified atom stereocenters. The maximum absolute atomic E-state index is 10.2. The Morgan fingerprint density at radius 1 is 1.24 bits per heavy atom. The van der Waals surface area contributed by atoms with Crippen LogP contribution in [0.1, 0.15) is 69.1 Å². The zero-order chi connectivity index (χ0) is 24.2. The van der Waals surface area contributed by atoms with Crippen molar-refractivity contribution in [1.29, 1.82) is 0 Å². The lowest BCUT2D eigenvalue weighted by Gasteiger charge is -2.35. The second kappa shape index (κ2) is 8.67. The zero-order valence-electron chi connectivity index (χ0n) is 20.7. The molecule has 0 bridgehead atoms. The first-order chi connectivity index (χ1) is 16.1. The number of hydrogen-bond donors (Lipinski definition) is 2. The lowest BCUT2D eigenvalue weighted by molar-refractivity contribution is 0.0282. The Morgan fingerprint density at radius 3 is 2.65 bits per heavy atom. The molecule has 0 amide bonds. The van der Waals surface area contributed by atoms with Gasteiger partial charge in [-0.15, -0.1) is 10.2 Å². The molecule has 0 saturated carbocycles. The molecule has 3 aromatic heterocycles. The Morgan fingerprint density at radius 2 is 1.97 bits per heavy atom. The standard InChI is InChI=1S/C27H34ClN5O/c1-16(2)23-20-12-19(18-8-10-32(11-9-18)14-27(4,5)34)6-7-22(20)30-25(23)21-13-33-15-29-31-26(33)24(28)17(21)3/h6-7,12-13,15-16,18,30,34H,8-11,14H2,1-5H3. The highest BCUT2D eigenvalue weighted by atomic mass is 35.5. The second-order valence-corrected chi connectivity index (χ2v) is 11.2. The first-order valence-corrected chi connectivity index (χ1v) is 12.6. The van der Waals surface area contributed by atoms with Crippen LogP contribution in [-0.4, -0.2) is 54.8 Å². The number of fused-ring (bicyclic) bond motifs is 2. The molecule has 1 fully saturated rings. The third-order valence-corrected chi connectivity index (χ3v) is 7.60. The first-order valence-electron chi connectivity index (χ1n) is 12.2. The van der Waals surface area contributed by atoms with Gasteiger partial charge in [-0.2, -0.15) is 0 Å². The molecule has 0 radical (unpaired) electrons. The molecule has 1 aliphatic heterocycles. The van der Waals surface area contributed by atoms with Crippen LogP contribution >= 0.6 is 11.6 Å². The van der Waals surface area contributed by atoms with E-state index in [1.54, 1.807) is 6.33 Å². The predicted octanol–water partition coefficient (Wildman–Crippen LogP) is 5.91. The maximum atomic E-state index is 10.2. The van der Waals surface area contributed by atoms with Gasteiger partial charge in [-0.25, -0.2) is 0 Å². The quantitative estimate of drug-likeness (QED) is 0.373. The molecule has 1 aliphatic rings. The van der Waals surface area contributed by atoms with Crippen LogP contribution in [0.2, 0.25) is 5.02 Å². The number of β-amino-alcohol motifs (C(OH)–C–C–N with tert-alkyl or cyclic N) is 1. The van der Waals surface area contributed by atoms with Crippen molar-refractivity contribution in [3.05, 3.63) is 52.4 Å². The van der Waals surface area contributed by atoms with Gasteiger partial charge >= 0.3 is 0 Å². The van der Waals surface area contributed by atoms with Crippen LogP contribution in [0, 0.1) is 6.92 Å². The summed E-state index contributed by atoms with van der Waals surface area (Å²) in [5.74, 6) is 0.896. The van der Waals surface area contributed by atoms with Crippen molar-refractivity contribution in [3.8, 4) is 11.3 Å². The van der Waals surface area contributed by atoms with Crippen LogP contribution in [0.3, 0.4) is 0 Å². The topological polar surface area (TPSA) is 69.5 Å². The fourth-order valence-corrected chi connectivity index (χ4v) is 5.77. The number of pyridine rings is 1. The monoisotopic (exact) mass is 479 g/mol. The number of nitrogens with zero attached hydrogens (tertiary/aromatic N) is 4. The van der Waals surface area contributed by atoms with Crippen LogP contribution in [0.25, 0.3) is 27.8 Å². The van der Waals surface area contributed by atoms with Crippen LogP contribution in [0.4, 0.5) is 0 Å². The predicted molar refractivity (Wildman–Crippen MR) is 139 cm³/mol. The van der Waals surface area contributed by atoms with E-state index in [-0.39, 0.29) is 0 Å². The van der Waals surface area contributed by atoms with Gasteiger partial charge in [-0.05, 0) is 87.4 Å². The SMILES string of the molecule is Cc1c(-c2[nH]c3ccc(C4CCN(CC(C)(C)O)CC4)cc3c2C(C)C)cn2cnnc2c1Cl. The van der Waals surface area contributed by atoms with E-state index in [0.717, 1.165) is 54.8 Å². The van der Waals surface area contributed by atoms with E-state index < -0.39 is 5.60 Å². The lowest BCUT2D eigenvalue weighted by atomic mass is 9.87. The van der Waals surface area contributed by atoms with E-state index in [1.165, 1.54) is 16.5 Å². The van der Waals surface area contributed by atoms with Crippen molar-refractivity contribution >= 4 is 28.2 Å². The van der Waals surface area contributed by atoms with Gasteiger partial charge < -0.3 is 15.0 Å². The summed E-state index contributed by atoms with van der Waals surface area (Å²) in [4.78, 5) is 6.09. The van der Waals surface area contributed by atoms with Crippen molar-refractivity contribution in [3.63, 3.8) is 0 Å². The zero-order valence-corrected chi connectivity index (χ0v) is 21.4. The third-order valence-electron chi connectivity index (χ3n) is 7.15. The molecule has 6 nitrogen and oxygen atoms in total. The Labute approximate surface area is 206 Å². The number of aromatic amines is 1. The maximum Gasteiger partial charge on any atom is 0.179 e. The van der Waals surface area contributed by atoms with Crippen molar-refractivity contribution in [2.75, 3.05) is 19.6 Å². The molecule has 180 valence electrons. The van der Waals surface area contributed by atoms with E-state index in [0.29, 0.717) is 22.5 Å². The van der Waals surface area contributed by atoms with Crippen molar-refractivity contribution in [1.82, 2.24) is 24.5 Å². The number of aliphatic hydroxyl groups is 1. The van der Waals surface area contributed by atoms with Gasteiger partial charge in [0, 0.05) is 29.2 Å². The molecule has 0 atom stereocenters. The fraction of sp³-hybridized carbons (Fsp3) is 0.481. The Balaban J connectivity index is 1.52. The average molecular weight is 480 g/mol. The smallest absolute Gasteiger partial charge is 0.179 e. The van der Waals surface area contributed by atoms with Crippen molar-refractivity contribution in [2.24, 2.45) is 0 Å². The molecule has 5 rings (SSSR count). The highest BCUT2D eigenvalue weighted by Gasteiger charge is 2.26. The number of nitrogens with one attached hydrogen (secondary N) is 1. The van der Waals surface area contributed by atoms with Gasteiger partial charge in [-0.1, -0.05) is 31.5 Å². The van der Waals surface area contributed by atoms with Gasteiger partial charge in [0.25, 0.3) is 0 Å². The van der Waals surface area contributed by atoms with E-state index in [9.17, 15) is 5.11 Å². The number of halogens is 1.